The number of fused-ring (bicyclic) bond motifs is 1. The van der Waals surface area contributed by atoms with E-state index >= 15 is 0 Å². The molecule has 1 N–H and O–H groups in total. The molecule has 8 nitrogen and oxygen atoms in total. The highest BCUT2D eigenvalue weighted by molar-refractivity contribution is 8.27. The lowest BCUT2D eigenvalue weighted by molar-refractivity contribution is -0.114. The van der Waals surface area contributed by atoms with Crippen molar-refractivity contribution >= 4 is 39.8 Å². The van der Waals surface area contributed by atoms with E-state index in [4.69, 9.17) is 19.6 Å². The van der Waals surface area contributed by atoms with E-state index in [1.807, 2.05) is 24.3 Å². The van der Waals surface area contributed by atoms with Crippen LogP contribution in [0.4, 0.5) is 13.2 Å². The van der Waals surface area contributed by atoms with E-state index in [1.165, 1.54) is 18.7 Å². The first-order valence-corrected chi connectivity index (χ1v) is 12.5. The molecule has 2 aliphatic heterocycles. The summed E-state index contributed by atoms with van der Waals surface area (Å²) in [6, 6.07) is 12.8. The minimum atomic E-state index is -4.70. The summed E-state index contributed by atoms with van der Waals surface area (Å²) in [6.45, 7) is 4.87. The van der Waals surface area contributed by atoms with Gasteiger partial charge in [-0.2, -0.15) is 28.3 Å². The van der Waals surface area contributed by atoms with Crippen LogP contribution < -0.4 is 14.2 Å². The van der Waals surface area contributed by atoms with Gasteiger partial charge < -0.3 is 14.2 Å². The van der Waals surface area contributed by atoms with Crippen LogP contribution >= 0.6 is 11.8 Å². The number of amides is 1. The van der Waals surface area contributed by atoms with Crippen LogP contribution in [-0.4, -0.2) is 53.5 Å². The number of hydrogen-bond donors (Lipinski definition) is 1. The van der Waals surface area contributed by atoms with Crippen molar-refractivity contribution < 1.29 is 32.2 Å². The molecule has 2 aromatic carbocycles. The Morgan fingerprint density at radius 1 is 1.11 bits per heavy atom. The third-order valence-corrected chi connectivity index (χ3v) is 6.82. The van der Waals surface area contributed by atoms with E-state index in [-0.39, 0.29) is 29.1 Å². The van der Waals surface area contributed by atoms with Crippen LogP contribution in [0, 0.1) is 5.41 Å². The molecule has 0 aliphatic carbocycles. The molecule has 4 rings (SSSR count). The predicted molar refractivity (Wildman–Crippen MR) is 140 cm³/mol. The Bertz CT molecular complexity index is 1320. The normalized spacial score (nSPS) is 17.2. The lowest BCUT2D eigenvalue weighted by atomic mass is 9.99. The van der Waals surface area contributed by atoms with Gasteiger partial charge in [0.1, 0.15) is 19.0 Å². The maximum Gasteiger partial charge on any atom is 0.441 e. The average molecular weight is 547 g/mol. The second kappa shape index (κ2) is 11.3. The summed E-state index contributed by atoms with van der Waals surface area (Å²) in [4.78, 5) is 16.1. The number of hydrogen-bond acceptors (Lipinski definition) is 7. The summed E-state index contributed by atoms with van der Waals surface area (Å²) in [5.74, 6) is 0.696. The third-order valence-electron chi connectivity index (χ3n) is 5.87. The van der Waals surface area contributed by atoms with Crippen molar-refractivity contribution in [2.45, 2.75) is 32.4 Å². The second-order valence-corrected chi connectivity index (χ2v) is 9.36. The standard InChI is InChI=1S/C26H25F3N4O4S/c1-4-15(2)17-6-8-18(9-7-17)36-11-12-37-20-10-5-16(14-21(20)35-3)13-19-22(30)33-25(31-23(19)34)38-24(32-33)26(27,28)29/h5-10,13-15,30H,4,11-12H2,1-3H3/b19-13-,30-22?/t15-/m0/s1. The number of amidine groups is 2. The van der Waals surface area contributed by atoms with Crippen LogP contribution in [0.2, 0.25) is 0 Å². The lowest BCUT2D eigenvalue weighted by Gasteiger charge is -2.20. The molecule has 0 fully saturated rings. The van der Waals surface area contributed by atoms with Gasteiger partial charge in [-0.3, -0.25) is 10.2 Å². The van der Waals surface area contributed by atoms with Crippen molar-refractivity contribution in [3.8, 4) is 17.2 Å². The molecule has 12 heteroatoms. The van der Waals surface area contributed by atoms with Gasteiger partial charge in [-0.05, 0) is 65.6 Å². The molecule has 1 amide bonds. The molecule has 2 aromatic rings. The Balaban J connectivity index is 1.40. The highest BCUT2D eigenvalue weighted by Gasteiger charge is 2.46. The van der Waals surface area contributed by atoms with Gasteiger partial charge in [-0.15, -0.1) is 0 Å². The van der Waals surface area contributed by atoms with Crippen LogP contribution in [0.15, 0.2) is 58.1 Å². The second-order valence-electron chi connectivity index (χ2n) is 8.41. The van der Waals surface area contributed by atoms with E-state index in [9.17, 15) is 18.0 Å². The number of hydrazone groups is 1. The molecule has 0 saturated heterocycles. The van der Waals surface area contributed by atoms with Gasteiger partial charge in [0.05, 0.1) is 12.7 Å². The largest absolute Gasteiger partial charge is 0.493 e. The summed E-state index contributed by atoms with van der Waals surface area (Å²) in [6.07, 6.45) is -2.30. The highest BCUT2D eigenvalue weighted by atomic mass is 32.2. The fourth-order valence-corrected chi connectivity index (χ4v) is 4.36. The van der Waals surface area contributed by atoms with Crippen molar-refractivity contribution in [1.29, 1.82) is 5.41 Å². The molecule has 1 atom stereocenters. The summed E-state index contributed by atoms with van der Waals surface area (Å²) in [5.41, 5.74) is 1.52. The van der Waals surface area contributed by atoms with Crippen LogP contribution in [-0.2, 0) is 4.79 Å². The van der Waals surface area contributed by atoms with Crippen molar-refractivity contribution in [2.24, 2.45) is 10.1 Å². The summed E-state index contributed by atoms with van der Waals surface area (Å²) in [7, 11) is 1.45. The van der Waals surface area contributed by atoms with Crippen molar-refractivity contribution in [1.82, 2.24) is 5.01 Å². The quantitative estimate of drug-likeness (QED) is 0.313. The van der Waals surface area contributed by atoms with Gasteiger partial charge in [0.2, 0.25) is 10.2 Å². The maximum absolute atomic E-state index is 13.0. The zero-order chi connectivity index (χ0) is 27.4. The van der Waals surface area contributed by atoms with Gasteiger partial charge >= 0.3 is 6.18 Å². The van der Waals surface area contributed by atoms with Crippen LogP contribution in [0.1, 0.15) is 37.3 Å². The molecule has 38 heavy (non-hydrogen) atoms. The Kier molecular flexibility index (Phi) is 8.10. The van der Waals surface area contributed by atoms with E-state index in [0.717, 1.165) is 12.2 Å². The Morgan fingerprint density at radius 2 is 1.82 bits per heavy atom. The fourth-order valence-electron chi connectivity index (χ4n) is 3.61. The predicted octanol–water partition coefficient (Wildman–Crippen LogP) is 5.85. The van der Waals surface area contributed by atoms with Crippen LogP contribution in [0.3, 0.4) is 0 Å². The van der Waals surface area contributed by atoms with Crippen LogP contribution in [0.5, 0.6) is 17.2 Å². The van der Waals surface area contributed by atoms with E-state index < -0.39 is 23.0 Å². The Hall–Kier alpha value is -3.80. The first-order chi connectivity index (χ1) is 18.1. The molecule has 0 aromatic heterocycles. The van der Waals surface area contributed by atoms with Crippen LogP contribution in [0.25, 0.3) is 6.08 Å². The lowest BCUT2D eigenvalue weighted by Crippen LogP contribution is -2.35. The molecule has 2 aliphatic rings. The molecule has 0 spiro atoms. The third kappa shape index (κ3) is 6.01. The SMILES string of the molecule is CC[C@H](C)c1ccc(OCCOc2ccc(/C=C3/C(=N)N4N=C(C(F)(F)F)SC4=NC3=O)cc2OC)cc1. The van der Waals surface area contributed by atoms with Crippen molar-refractivity contribution in [2.75, 3.05) is 20.3 Å². The maximum atomic E-state index is 13.0. The summed E-state index contributed by atoms with van der Waals surface area (Å²) < 4.78 is 55.9. The Morgan fingerprint density at radius 3 is 2.47 bits per heavy atom. The van der Waals surface area contributed by atoms with Gasteiger partial charge in [0, 0.05) is 0 Å². The monoisotopic (exact) mass is 546 g/mol. The molecular weight excluding hydrogens is 521 g/mol. The smallest absolute Gasteiger partial charge is 0.441 e. The minimum Gasteiger partial charge on any atom is -0.493 e. The van der Waals surface area contributed by atoms with Crippen molar-refractivity contribution in [3.05, 3.63) is 59.2 Å². The summed E-state index contributed by atoms with van der Waals surface area (Å²) >= 11 is 0.201. The van der Waals surface area contributed by atoms with E-state index in [1.54, 1.807) is 18.2 Å². The number of carbonyl (C=O) groups is 1. The zero-order valence-electron chi connectivity index (χ0n) is 20.8. The highest BCUT2D eigenvalue weighted by Crippen LogP contribution is 2.36. The number of thioether (sulfide) groups is 1. The number of halogens is 3. The molecule has 0 radical (unpaired) electrons. The Labute approximate surface area is 221 Å². The average Bonchev–Trinajstić information content (AvgIpc) is 3.34. The number of methoxy groups -OCH3 is 1. The van der Waals surface area contributed by atoms with Gasteiger partial charge in [0.25, 0.3) is 5.91 Å². The first kappa shape index (κ1) is 27.2. The molecule has 2 heterocycles. The fraction of sp³-hybridized carbons (Fsp3) is 0.308. The summed E-state index contributed by atoms with van der Waals surface area (Å²) in [5, 5.41) is 10.8. The molecule has 0 saturated carbocycles. The molecular formula is C26H25F3N4O4S. The number of nitrogens with zero attached hydrogens (tertiary/aromatic N) is 3. The van der Waals surface area contributed by atoms with Gasteiger partial charge in [-0.1, -0.05) is 32.0 Å². The van der Waals surface area contributed by atoms with E-state index in [2.05, 4.69) is 23.9 Å². The zero-order valence-corrected chi connectivity index (χ0v) is 21.7. The number of benzene rings is 2. The number of nitrogens with one attached hydrogen (secondary N) is 1. The number of alkyl halides is 3. The van der Waals surface area contributed by atoms with E-state index in [0.29, 0.717) is 34.6 Å². The number of aliphatic imine (C=N–C) groups is 1. The minimum absolute atomic E-state index is 0.201. The van der Waals surface area contributed by atoms with Gasteiger partial charge in [-0.25, -0.2) is 0 Å². The number of ether oxygens (including phenoxy) is 3. The molecule has 200 valence electrons. The molecule has 0 unspecified atom stereocenters. The first-order valence-electron chi connectivity index (χ1n) is 11.7. The topological polar surface area (TPSA) is 96.6 Å². The van der Waals surface area contributed by atoms with Gasteiger partial charge in [0.15, 0.2) is 17.3 Å². The number of carbonyl (C=O) groups excluding carboxylic acids is 1. The molecule has 0 bridgehead atoms. The van der Waals surface area contributed by atoms with Crippen molar-refractivity contribution in [3.63, 3.8) is 0 Å². The number of rotatable bonds is 9.